The van der Waals surface area contributed by atoms with Crippen LogP contribution in [0.25, 0.3) is 10.9 Å². The molecule has 0 spiro atoms. The zero-order valence-electron chi connectivity index (χ0n) is 19.3. The quantitative estimate of drug-likeness (QED) is 0.391. The number of fused-ring (bicyclic) bond motifs is 3. The summed E-state index contributed by atoms with van der Waals surface area (Å²) in [7, 11) is 0. The molecule has 8 heteroatoms. The lowest BCUT2D eigenvalue weighted by atomic mass is 9.95. The van der Waals surface area contributed by atoms with E-state index < -0.39 is 6.04 Å². The van der Waals surface area contributed by atoms with Gasteiger partial charge in [0.15, 0.2) is 0 Å². The molecular formula is C28H23ClN4O3. The largest absolute Gasteiger partial charge is 0.361 e. The topological polar surface area (TPSA) is 85.5 Å². The Morgan fingerprint density at radius 3 is 2.72 bits per heavy atom. The number of aromatic nitrogens is 1. The third-order valence-electron chi connectivity index (χ3n) is 6.97. The number of halogens is 1. The fourth-order valence-corrected chi connectivity index (χ4v) is 5.28. The van der Waals surface area contributed by atoms with Crippen LogP contribution in [0.5, 0.6) is 0 Å². The molecule has 3 aromatic carbocycles. The number of amides is 4. The van der Waals surface area contributed by atoms with Crippen LogP contribution in [0.2, 0.25) is 5.02 Å². The minimum atomic E-state index is -0.519. The van der Waals surface area contributed by atoms with Crippen molar-refractivity contribution in [2.45, 2.75) is 25.4 Å². The molecule has 7 nitrogen and oxygen atoms in total. The minimum Gasteiger partial charge on any atom is -0.361 e. The zero-order valence-corrected chi connectivity index (χ0v) is 20.1. The van der Waals surface area contributed by atoms with Gasteiger partial charge in [-0.3, -0.25) is 9.59 Å². The fraction of sp³-hybridized carbons (Fsp3) is 0.179. The Bertz CT molecular complexity index is 1490. The summed E-state index contributed by atoms with van der Waals surface area (Å²) in [6.45, 7) is 0.833. The highest BCUT2D eigenvalue weighted by molar-refractivity contribution is 6.31. The van der Waals surface area contributed by atoms with Crippen LogP contribution in [0.4, 0.5) is 10.5 Å². The minimum absolute atomic E-state index is 0.259. The Morgan fingerprint density at radius 2 is 1.86 bits per heavy atom. The summed E-state index contributed by atoms with van der Waals surface area (Å²) >= 11 is 6.13. The van der Waals surface area contributed by atoms with Gasteiger partial charge in [0.05, 0.1) is 5.69 Å². The van der Waals surface area contributed by atoms with E-state index >= 15 is 0 Å². The van der Waals surface area contributed by atoms with Gasteiger partial charge < -0.3 is 15.2 Å². The van der Waals surface area contributed by atoms with Crippen molar-refractivity contribution in [2.24, 2.45) is 0 Å². The van der Waals surface area contributed by atoms with Crippen LogP contribution >= 0.6 is 11.6 Å². The molecule has 0 saturated carbocycles. The number of imide groups is 1. The molecule has 36 heavy (non-hydrogen) atoms. The maximum absolute atomic E-state index is 13.2. The predicted octanol–water partition coefficient (Wildman–Crippen LogP) is 4.69. The van der Waals surface area contributed by atoms with Crippen molar-refractivity contribution in [3.8, 4) is 0 Å². The average molecular weight is 499 g/mol. The molecule has 1 atom stereocenters. The first-order valence-electron chi connectivity index (χ1n) is 11.8. The summed E-state index contributed by atoms with van der Waals surface area (Å²) in [5.74, 6) is -0.524. The summed E-state index contributed by atoms with van der Waals surface area (Å²) in [4.78, 5) is 45.3. The number of aromatic amines is 1. The molecule has 6 rings (SSSR count). The molecule has 0 unspecified atom stereocenters. The van der Waals surface area contributed by atoms with E-state index in [0.29, 0.717) is 42.2 Å². The van der Waals surface area contributed by atoms with Crippen LogP contribution in [-0.2, 0) is 24.2 Å². The first-order valence-corrected chi connectivity index (χ1v) is 12.2. The van der Waals surface area contributed by atoms with Crippen molar-refractivity contribution in [3.05, 3.63) is 100 Å². The lowest BCUT2D eigenvalue weighted by Crippen LogP contribution is -2.39. The lowest BCUT2D eigenvalue weighted by molar-refractivity contribution is -0.120. The summed E-state index contributed by atoms with van der Waals surface area (Å²) in [5, 5.41) is 4.63. The van der Waals surface area contributed by atoms with Crippen molar-refractivity contribution in [3.63, 3.8) is 0 Å². The normalized spacial score (nSPS) is 16.9. The molecule has 4 amide bonds. The molecule has 2 aliphatic heterocycles. The number of rotatable bonds is 5. The van der Waals surface area contributed by atoms with Crippen LogP contribution in [0.1, 0.15) is 27.0 Å². The number of anilines is 1. The Morgan fingerprint density at radius 1 is 1.03 bits per heavy atom. The first kappa shape index (κ1) is 22.4. The van der Waals surface area contributed by atoms with E-state index in [1.165, 1.54) is 4.90 Å². The van der Waals surface area contributed by atoms with Crippen LogP contribution in [-0.4, -0.2) is 40.3 Å². The van der Waals surface area contributed by atoms with E-state index in [2.05, 4.69) is 10.3 Å². The maximum atomic E-state index is 13.2. The van der Waals surface area contributed by atoms with Gasteiger partial charge >= 0.3 is 6.03 Å². The highest BCUT2D eigenvalue weighted by Crippen LogP contribution is 2.33. The van der Waals surface area contributed by atoms with Gasteiger partial charge in [-0.15, -0.1) is 0 Å². The van der Waals surface area contributed by atoms with Gasteiger partial charge in [-0.25, -0.2) is 9.69 Å². The van der Waals surface area contributed by atoms with E-state index in [9.17, 15) is 14.4 Å². The number of nitrogens with one attached hydrogen (secondary N) is 2. The van der Waals surface area contributed by atoms with Gasteiger partial charge in [-0.1, -0.05) is 41.9 Å². The molecule has 1 fully saturated rings. The molecule has 2 aliphatic rings. The van der Waals surface area contributed by atoms with Gasteiger partial charge in [-0.05, 0) is 59.5 Å². The van der Waals surface area contributed by atoms with Crippen LogP contribution in [0.15, 0.2) is 72.9 Å². The molecule has 1 aromatic heterocycles. The van der Waals surface area contributed by atoms with Crippen molar-refractivity contribution in [1.82, 2.24) is 15.2 Å². The monoisotopic (exact) mass is 498 g/mol. The first-order chi connectivity index (χ1) is 17.5. The lowest BCUT2D eigenvalue weighted by Gasteiger charge is -2.28. The van der Waals surface area contributed by atoms with E-state index in [4.69, 9.17) is 11.6 Å². The van der Waals surface area contributed by atoms with E-state index in [-0.39, 0.29) is 17.8 Å². The molecule has 0 aliphatic carbocycles. The van der Waals surface area contributed by atoms with Crippen molar-refractivity contribution in [2.75, 3.05) is 11.4 Å². The highest BCUT2D eigenvalue weighted by atomic mass is 35.5. The van der Waals surface area contributed by atoms with Crippen molar-refractivity contribution < 1.29 is 14.4 Å². The van der Waals surface area contributed by atoms with E-state index in [1.54, 1.807) is 29.2 Å². The Balaban J connectivity index is 1.15. The van der Waals surface area contributed by atoms with E-state index in [0.717, 1.165) is 27.6 Å². The zero-order chi connectivity index (χ0) is 24.8. The average Bonchev–Trinajstić information content (AvgIpc) is 3.40. The van der Waals surface area contributed by atoms with Gasteiger partial charge in [-0.2, -0.15) is 0 Å². The number of carbonyl (C=O) groups excluding carboxylic acids is 3. The number of hydrogen-bond donors (Lipinski definition) is 2. The molecular weight excluding hydrogens is 476 g/mol. The summed E-state index contributed by atoms with van der Waals surface area (Å²) in [6.07, 6.45) is 3.05. The number of hydrogen-bond acceptors (Lipinski definition) is 3. The molecule has 2 N–H and O–H groups in total. The third kappa shape index (κ3) is 3.82. The number of benzene rings is 3. The van der Waals surface area contributed by atoms with Gasteiger partial charge in [0.2, 0.25) is 0 Å². The number of nitrogens with zero attached hydrogens (tertiary/aromatic N) is 2. The SMILES string of the molecule is O=C(NCCc1c[nH]c2ccc(Cl)cc12)c1cccc(N2C(=O)[C@H]3Cc4ccccc4CN3C2=O)c1. The summed E-state index contributed by atoms with van der Waals surface area (Å²) < 4.78 is 0. The molecule has 3 heterocycles. The van der Waals surface area contributed by atoms with Crippen LogP contribution < -0.4 is 10.2 Å². The molecule has 4 aromatic rings. The fourth-order valence-electron chi connectivity index (χ4n) is 5.11. The summed E-state index contributed by atoms with van der Waals surface area (Å²) in [6, 6.07) is 19.3. The molecule has 180 valence electrons. The Labute approximate surface area is 212 Å². The molecule has 1 saturated heterocycles. The van der Waals surface area contributed by atoms with Gasteiger partial charge in [0.25, 0.3) is 11.8 Å². The molecule has 0 bridgehead atoms. The number of urea groups is 1. The summed E-state index contributed by atoms with van der Waals surface area (Å²) in [5.41, 5.74) is 5.00. The maximum Gasteiger partial charge on any atom is 0.332 e. The van der Waals surface area contributed by atoms with Gasteiger partial charge in [0.1, 0.15) is 6.04 Å². The van der Waals surface area contributed by atoms with E-state index in [1.807, 2.05) is 48.7 Å². The predicted molar refractivity (Wildman–Crippen MR) is 138 cm³/mol. The second-order valence-electron chi connectivity index (χ2n) is 9.13. The van der Waals surface area contributed by atoms with Crippen molar-refractivity contribution >= 4 is 46.0 Å². The standard InChI is InChI=1S/C28H23ClN4O3/c29-21-8-9-24-23(14-21)19(15-31-24)10-11-30-26(34)18-6-3-7-22(12-18)33-27(35)25-13-17-4-1-2-5-20(17)16-32(25)28(33)36/h1-9,12,14-15,25,31H,10-11,13,16H2,(H,30,34)/t25-/m1/s1. The number of H-pyrrole nitrogens is 1. The Kier molecular flexibility index (Phi) is 5.49. The third-order valence-corrected chi connectivity index (χ3v) is 7.20. The Hall–Kier alpha value is -4.10. The van der Waals surface area contributed by atoms with Crippen LogP contribution in [0.3, 0.4) is 0 Å². The second-order valence-corrected chi connectivity index (χ2v) is 9.57. The van der Waals surface area contributed by atoms with Gasteiger partial charge in [0, 0.05) is 47.2 Å². The smallest absolute Gasteiger partial charge is 0.332 e. The molecule has 0 radical (unpaired) electrons. The second kappa shape index (κ2) is 8.84. The van der Waals surface area contributed by atoms with Crippen LogP contribution in [0, 0.1) is 0 Å². The van der Waals surface area contributed by atoms with Crippen molar-refractivity contribution in [1.29, 1.82) is 0 Å². The highest BCUT2D eigenvalue weighted by Gasteiger charge is 2.47. The number of carbonyl (C=O) groups is 3.